The van der Waals surface area contributed by atoms with Crippen molar-refractivity contribution in [3.8, 4) is 17.2 Å². The number of phenolic OH excluding ortho intramolecular Hbond substituents is 1. The normalized spacial score (nSPS) is 11.3. The molecular formula is C19H12ClF4N3O5. The van der Waals surface area contributed by atoms with Gasteiger partial charge in [0.2, 0.25) is 0 Å². The van der Waals surface area contributed by atoms with E-state index in [0.29, 0.717) is 22.9 Å². The summed E-state index contributed by atoms with van der Waals surface area (Å²) >= 11 is 5.70. The minimum atomic E-state index is -4.90. The van der Waals surface area contributed by atoms with Crippen LogP contribution >= 0.6 is 11.6 Å². The molecule has 8 nitrogen and oxygen atoms in total. The number of phenols is 1. The Bertz CT molecular complexity index is 1250. The van der Waals surface area contributed by atoms with Crippen molar-refractivity contribution in [2.75, 3.05) is 5.32 Å². The van der Waals surface area contributed by atoms with E-state index in [1.54, 1.807) is 0 Å². The van der Waals surface area contributed by atoms with Crippen molar-refractivity contribution in [3.63, 3.8) is 0 Å². The quantitative estimate of drug-likeness (QED) is 0.486. The molecule has 3 aromatic rings. The summed E-state index contributed by atoms with van der Waals surface area (Å²) in [4.78, 5) is 24.4. The third kappa shape index (κ3) is 4.98. The van der Waals surface area contributed by atoms with Gasteiger partial charge in [-0.3, -0.25) is 9.59 Å². The number of nitrogens with one attached hydrogen (secondary N) is 1. The fourth-order valence-electron chi connectivity index (χ4n) is 2.53. The lowest BCUT2D eigenvalue weighted by Crippen LogP contribution is -2.23. The van der Waals surface area contributed by atoms with Gasteiger partial charge in [0.1, 0.15) is 18.3 Å². The Morgan fingerprint density at radius 3 is 2.50 bits per heavy atom. The highest BCUT2D eigenvalue weighted by atomic mass is 35.5. The zero-order valence-electron chi connectivity index (χ0n) is 15.7. The minimum Gasteiger partial charge on any atom is -0.504 e. The average Bonchev–Trinajstić information content (AvgIpc) is 2.70. The predicted octanol–water partition coefficient (Wildman–Crippen LogP) is 3.75. The number of hydrogen-bond acceptors (Lipinski definition) is 6. The first-order valence-corrected chi connectivity index (χ1v) is 8.94. The molecule has 0 aliphatic rings. The summed E-state index contributed by atoms with van der Waals surface area (Å²) in [7, 11) is 0. The molecule has 168 valence electrons. The van der Waals surface area contributed by atoms with Crippen LogP contribution in [0.25, 0.3) is 0 Å². The Kier molecular flexibility index (Phi) is 6.37. The lowest BCUT2D eigenvalue weighted by molar-refractivity contribution is -0.137. The minimum absolute atomic E-state index is 0.128. The molecule has 0 fully saturated rings. The van der Waals surface area contributed by atoms with E-state index in [0.717, 1.165) is 24.4 Å². The predicted molar refractivity (Wildman–Crippen MR) is 103 cm³/mol. The zero-order chi connectivity index (χ0) is 23.6. The standard InChI is InChI=1S/C19H12ClF4N3O5/c20-13-5-11(18(31)26-10-4-17(30)27(8-28)25-7-10)16(6-12(13)19(22,23)24)32-15-2-1-9(21)3-14(15)29/h1-7,28-29H,8H2,(H,26,31). The summed E-state index contributed by atoms with van der Waals surface area (Å²) in [5, 5.41) is 23.8. The number of aliphatic hydroxyl groups excluding tert-OH is 1. The number of halogens is 5. The van der Waals surface area contributed by atoms with E-state index in [4.69, 9.17) is 21.4 Å². The molecule has 13 heteroatoms. The highest BCUT2D eigenvalue weighted by Gasteiger charge is 2.35. The molecule has 1 aromatic heterocycles. The molecule has 3 N–H and O–H groups in total. The molecule has 0 aliphatic carbocycles. The summed E-state index contributed by atoms with van der Waals surface area (Å²) in [6, 6.07) is 4.56. The van der Waals surface area contributed by atoms with Gasteiger partial charge >= 0.3 is 6.18 Å². The van der Waals surface area contributed by atoms with E-state index in [2.05, 4.69) is 10.4 Å². The second-order valence-electron chi connectivity index (χ2n) is 6.22. The van der Waals surface area contributed by atoms with Crippen molar-refractivity contribution in [1.82, 2.24) is 9.78 Å². The van der Waals surface area contributed by atoms with Crippen molar-refractivity contribution in [3.05, 3.63) is 74.9 Å². The van der Waals surface area contributed by atoms with E-state index < -0.39 is 63.6 Å². The molecule has 0 atom stereocenters. The number of carbonyl (C=O) groups is 1. The number of aliphatic hydroxyl groups is 1. The zero-order valence-corrected chi connectivity index (χ0v) is 16.4. The van der Waals surface area contributed by atoms with Gasteiger partial charge in [0.05, 0.1) is 28.0 Å². The van der Waals surface area contributed by atoms with Crippen LogP contribution in [-0.4, -0.2) is 25.9 Å². The van der Waals surface area contributed by atoms with E-state index in [-0.39, 0.29) is 5.69 Å². The summed E-state index contributed by atoms with van der Waals surface area (Å²) in [5.41, 5.74) is -2.70. The highest BCUT2D eigenvalue weighted by Crippen LogP contribution is 2.41. The fraction of sp³-hybridized carbons (Fsp3) is 0.105. The number of nitrogens with zero attached hydrogens (tertiary/aromatic N) is 2. The number of ether oxygens (including phenoxy) is 1. The molecule has 3 rings (SSSR count). The van der Waals surface area contributed by atoms with E-state index in [1.165, 1.54) is 0 Å². The highest BCUT2D eigenvalue weighted by molar-refractivity contribution is 6.32. The Morgan fingerprint density at radius 2 is 1.91 bits per heavy atom. The maximum absolute atomic E-state index is 13.3. The number of anilines is 1. The first-order chi connectivity index (χ1) is 15.0. The molecular weight excluding hydrogens is 462 g/mol. The van der Waals surface area contributed by atoms with Crippen molar-refractivity contribution in [2.45, 2.75) is 12.9 Å². The Morgan fingerprint density at radius 1 is 1.19 bits per heavy atom. The first kappa shape index (κ1) is 23.0. The molecule has 2 aromatic carbocycles. The third-order valence-electron chi connectivity index (χ3n) is 4.02. The van der Waals surface area contributed by atoms with E-state index in [1.807, 2.05) is 0 Å². The van der Waals surface area contributed by atoms with Gasteiger partial charge in [0.15, 0.2) is 11.5 Å². The second kappa shape index (κ2) is 8.85. The largest absolute Gasteiger partial charge is 0.504 e. The van der Waals surface area contributed by atoms with Crippen LogP contribution in [0, 0.1) is 5.82 Å². The number of carbonyl (C=O) groups excluding carboxylic acids is 1. The summed E-state index contributed by atoms with van der Waals surface area (Å²) in [5.74, 6) is -3.66. The number of benzene rings is 2. The van der Waals surface area contributed by atoms with Crippen LogP contribution in [0.1, 0.15) is 15.9 Å². The van der Waals surface area contributed by atoms with Gasteiger partial charge in [-0.25, -0.2) is 9.07 Å². The third-order valence-corrected chi connectivity index (χ3v) is 4.33. The van der Waals surface area contributed by atoms with Crippen molar-refractivity contribution in [1.29, 1.82) is 0 Å². The maximum Gasteiger partial charge on any atom is 0.417 e. The SMILES string of the molecule is O=C(Nc1cnn(CO)c(=O)c1)c1cc(Cl)c(C(F)(F)F)cc1Oc1ccc(F)cc1O. The Balaban J connectivity index is 2.04. The van der Waals surface area contributed by atoms with Crippen LogP contribution in [0.3, 0.4) is 0 Å². The summed E-state index contributed by atoms with van der Waals surface area (Å²) < 4.78 is 59.0. The number of rotatable bonds is 5. The average molecular weight is 474 g/mol. The van der Waals surface area contributed by atoms with Gasteiger partial charge in [-0.15, -0.1) is 0 Å². The number of aromatic nitrogens is 2. The molecule has 1 amide bonds. The Hall–Kier alpha value is -3.64. The van der Waals surface area contributed by atoms with Crippen molar-refractivity contribution < 1.29 is 37.3 Å². The molecule has 0 unspecified atom stereocenters. The number of aromatic hydroxyl groups is 1. The smallest absolute Gasteiger partial charge is 0.417 e. The van der Waals surface area contributed by atoms with Crippen LogP contribution in [0.15, 0.2) is 47.4 Å². The molecule has 32 heavy (non-hydrogen) atoms. The monoisotopic (exact) mass is 473 g/mol. The van der Waals surface area contributed by atoms with Crippen LogP contribution < -0.4 is 15.6 Å². The second-order valence-corrected chi connectivity index (χ2v) is 6.62. The topological polar surface area (TPSA) is 114 Å². The van der Waals surface area contributed by atoms with Crippen LogP contribution in [0.2, 0.25) is 5.02 Å². The van der Waals surface area contributed by atoms with Crippen LogP contribution in [0.5, 0.6) is 17.2 Å². The molecule has 0 aliphatic heterocycles. The van der Waals surface area contributed by atoms with Gasteiger partial charge in [0.25, 0.3) is 11.5 Å². The van der Waals surface area contributed by atoms with Gasteiger partial charge in [-0.2, -0.15) is 18.3 Å². The van der Waals surface area contributed by atoms with Gasteiger partial charge in [-0.05, 0) is 24.3 Å². The van der Waals surface area contributed by atoms with Crippen molar-refractivity contribution in [2.24, 2.45) is 0 Å². The summed E-state index contributed by atoms with van der Waals surface area (Å²) in [6.07, 6.45) is -3.87. The molecule has 0 bridgehead atoms. The fourth-order valence-corrected chi connectivity index (χ4v) is 2.81. The molecule has 0 radical (unpaired) electrons. The van der Waals surface area contributed by atoms with Crippen molar-refractivity contribution >= 4 is 23.2 Å². The first-order valence-electron chi connectivity index (χ1n) is 8.56. The molecule has 0 saturated carbocycles. The van der Waals surface area contributed by atoms with Gasteiger partial charge < -0.3 is 20.3 Å². The number of alkyl halides is 3. The van der Waals surface area contributed by atoms with E-state index >= 15 is 0 Å². The van der Waals surface area contributed by atoms with Gasteiger partial charge in [0, 0.05) is 12.1 Å². The van der Waals surface area contributed by atoms with Crippen LogP contribution in [0.4, 0.5) is 23.2 Å². The number of amides is 1. The lowest BCUT2D eigenvalue weighted by atomic mass is 10.1. The van der Waals surface area contributed by atoms with Gasteiger partial charge in [-0.1, -0.05) is 11.6 Å². The molecule has 0 saturated heterocycles. The molecule has 0 spiro atoms. The number of hydrogen-bond donors (Lipinski definition) is 3. The van der Waals surface area contributed by atoms with E-state index in [9.17, 15) is 32.3 Å². The summed E-state index contributed by atoms with van der Waals surface area (Å²) in [6.45, 7) is -0.708. The molecule has 1 heterocycles. The Labute approximate surface area is 181 Å². The van der Waals surface area contributed by atoms with Crippen LogP contribution in [-0.2, 0) is 12.9 Å². The maximum atomic E-state index is 13.3. The lowest BCUT2D eigenvalue weighted by Gasteiger charge is -2.16.